The summed E-state index contributed by atoms with van der Waals surface area (Å²) in [5, 5.41) is 10.9. The summed E-state index contributed by atoms with van der Waals surface area (Å²) < 4.78 is 0. The van der Waals surface area contributed by atoms with Gasteiger partial charge in [-0.1, -0.05) is 13.3 Å². The van der Waals surface area contributed by atoms with Crippen LogP contribution in [0.3, 0.4) is 0 Å². The van der Waals surface area contributed by atoms with Gasteiger partial charge in [0.1, 0.15) is 11.3 Å². The molecule has 4 aliphatic carbocycles. The average molecular weight is 484 g/mol. The first-order valence-electron chi connectivity index (χ1n) is 14.4. The molecule has 4 saturated carbocycles. The maximum Gasteiger partial charge on any atom is 0.266 e. The lowest BCUT2D eigenvalue weighted by Gasteiger charge is -2.57. The Labute approximate surface area is 211 Å². The molecule has 1 N–H and O–H groups in total. The molecule has 1 saturated heterocycles. The molecular formula is C29H45N3O3. The van der Waals surface area contributed by atoms with Crippen molar-refractivity contribution in [2.75, 3.05) is 26.2 Å². The Morgan fingerprint density at radius 1 is 1.11 bits per heavy atom. The second-order valence-electron chi connectivity index (χ2n) is 12.5. The molecule has 35 heavy (non-hydrogen) atoms. The fourth-order valence-corrected chi connectivity index (χ4v) is 8.46. The van der Waals surface area contributed by atoms with E-state index >= 15 is 0 Å². The number of carbonyl (C=O) groups is 2. The molecule has 0 aromatic heterocycles. The lowest BCUT2D eigenvalue weighted by Crippen LogP contribution is -2.47. The summed E-state index contributed by atoms with van der Waals surface area (Å²) in [6.07, 6.45) is 14.5. The Bertz CT molecular complexity index is 856. The molecule has 6 heteroatoms. The number of hydrogen-bond acceptors (Lipinski definition) is 5. The first kappa shape index (κ1) is 25.0. The van der Waals surface area contributed by atoms with Gasteiger partial charge in [0.25, 0.3) is 5.91 Å². The number of aliphatic imine (C=N–C) groups is 1. The molecule has 194 valence electrons. The Balaban J connectivity index is 1.33. The van der Waals surface area contributed by atoms with Crippen molar-refractivity contribution < 1.29 is 14.7 Å². The van der Waals surface area contributed by atoms with E-state index in [0.717, 1.165) is 42.9 Å². The van der Waals surface area contributed by atoms with Gasteiger partial charge in [-0.05, 0) is 107 Å². The topological polar surface area (TPSA) is 73.2 Å². The Morgan fingerprint density at radius 3 is 2.43 bits per heavy atom. The van der Waals surface area contributed by atoms with E-state index < -0.39 is 0 Å². The number of likely N-dealkylation sites (tertiary alicyclic amines) is 1. The highest BCUT2D eigenvalue weighted by Gasteiger charge is 2.52. The predicted octanol–water partition coefficient (Wildman–Crippen LogP) is 5.28. The van der Waals surface area contributed by atoms with E-state index in [4.69, 9.17) is 4.99 Å². The SMILES string of the molecule is CCCC(=O)N1CC(O)=C(C(CC23CC4CC(CC(C4)C2)C3)=NCCCN2CCCCC2C)C1=O. The van der Waals surface area contributed by atoms with Gasteiger partial charge in [-0.15, -0.1) is 0 Å². The van der Waals surface area contributed by atoms with Crippen LogP contribution in [0.4, 0.5) is 0 Å². The van der Waals surface area contributed by atoms with Crippen LogP contribution in [0.15, 0.2) is 16.3 Å². The zero-order valence-electron chi connectivity index (χ0n) is 21.9. The van der Waals surface area contributed by atoms with Crippen molar-refractivity contribution in [3.8, 4) is 0 Å². The van der Waals surface area contributed by atoms with E-state index in [-0.39, 0.29) is 29.5 Å². The summed E-state index contributed by atoms with van der Waals surface area (Å²) in [5.74, 6) is 2.02. The third-order valence-electron chi connectivity index (χ3n) is 9.66. The van der Waals surface area contributed by atoms with Crippen LogP contribution in [0.1, 0.15) is 97.3 Å². The van der Waals surface area contributed by atoms with E-state index in [2.05, 4.69) is 11.8 Å². The molecule has 6 nitrogen and oxygen atoms in total. The normalized spacial score (nSPS) is 35.4. The van der Waals surface area contributed by atoms with Crippen LogP contribution in [-0.4, -0.2) is 64.7 Å². The van der Waals surface area contributed by atoms with Gasteiger partial charge in [0.05, 0.1) is 12.3 Å². The Hall–Kier alpha value is -1.69. The molecule has 0 aromatic rings. The number of hydrogen-bond donors (Lipinski definition) is 1. The Morgan fingerprint density at radius 2 is 1.80 bits per heavy atom. The van der Waals surface area contributed by atoms with Gasteiger partial charge < -0.3 is 10.0 Å². The quantitative estimate of drug-likeness (QED) is 0.358. The molecule has 1 atom stereocenters. The van der Waals surface area contributed by atoms with Crippen LogP contribution < -0.4 is 0 Å². The summed E-state index contributed by atoms with van der Waals surface area (Å²) in [4.78, 5) is 34.8. The smallest absolute Gasteiger partial charge is 0.266 e. The predicted molar refractivity (Wildman–Crippen MR) is 138 cm³/mol. The molecule has 6 aliphatic rings. The van der Waals surface area contributed by atoms with Crippen molar-refractivity contribution in [3.05, 3.63) is 11.3 Å². The molecule has 2 aliphatic heterocycles. The number of carbonyl (C=O) groups excluding carboxylic acids is 2. The minimum Gasteiger partial charge on any atom is -0.509 e. The summed E-state index contributed by atoms with van der Waals surface area (Å²) in [6.45, 7) is 7.16. The van der Waals surface area contributed by atoms with Crippen LogP contribution in [0, 0.1) is 23.2 Å². The van der Waals surface area contributed by atoms with E-state index in [0.29, 0.717) is 31.0 Å². The molecule has 6 rings (SSSR count). The monoisotopic (exact) mass is 483 g/mol. The standard InChI is InChI=1S/C29H45N3O3/c1-3-7-26(34)32-19-25(33)27(28(32)35)24(30-9-6-11-31-10-5-4-8-20(31)2)18-29-15-21-12-22(16-29)14-23(13-21)17-29/h20-23,33H,3-19H2,1-2H3. The summed E-state index contributed by atoms with van der Waals surface area (Å²) >= 11 is 0. The van der Waals surface area contributed by atoms with Gasteiger partial charge in [-0.2, -0.15) is 0 Å². The molecule has 5 fully saturated rings. The maximum absolute atomic E-state index is 13.4. The molecule has 4 bridgehead atoms. The lowest BCUT2D eigenvalue weighted by atomic mass is 9.48. The number of rotatable bonds is 9. The van der Waals surface area contributed by atoms with Crippen molar-refractivity contribution in [3.63, 3.8) is 0 Å². The number of nitrogens with zero attached hydrogens (tertiary/aromatic N) is 3. The van der Waals surface area contributed by atoms with E-state index in [1.165, 1.54) is 69.2 Å². The number of piperidine rings is 1. The fraction of sp³-hybridized carbons (Fsp3) is 0.828. The molecule has 0 spiro atoms. The largest absolute Gasteiger partial charge is 0.509 e. The molecule has 0 radical (unpaired) electrons. The van der Waals surface area contributed by atoms with Crippen molar-refractivity contribution in [1.82, 2.24) is 9.80 Å². The van der Waals surface area contributed by atoms with Crippen molar-refractivity contribution in [1.29, 1.82) is 0 Å². The third kappa shape index (κ3) is 5.23. The first-order valence-corrected chi connectivity index (χ1v) is 14.4. The number of amides is 2. The number of aliphatic hydroxyl groups excluding tert-OH is 1. The highest BCUT2D eigenvalue weighted by Crippen LogP contribution is 2.61. The van der Waals surface area contributed by atoms with Crippen LogP contribution in [0.5, 0.6) is 0 Å². The van der Waals surface area contributed by atoms with Gasteiger partial charge in [-0.3, -0.25) is 19.5 Å². The number of aliphatic hydroxyl groups is 1. The van der Waals surface area contributed by atoms with Crippen molar-refractivity contribution >= 4 is 17.5 Å². The lowest BCUT2D eigenvalue weighted by molar-refractivity contribution is -0.140. The maximum atomic E-state index is 13.4. The highest BCUT2D eigenvalue weighted by molar-refractivity contribution is 6.26. The first-order chi connectivity index (χ1) is 16.9. The van der Waals surface area contributed by atoms with E-state index in [9.17, 15) is 14.7 Å². The fourth-order valence-electron chi connectivity index (χ4n) is 8.46. The summed E-state index contributed by atoms with van der Waals surface area (Å²) in [7, 11) is 0. The molecule has 1 unspecified atom stereocenters. The van der Waals surface area contributed by atoms with Gasteiger partial charge in [-0.25, -0.2) is 0 Å². The van der Waals surface area contributed by atoms with Crippen LogP contribution in [0.25, 0.3) is 0 Å². The van der Waals surface area contributed by atoms with Gasteiger partial charge >= 0.3 is 0 Å². The van der Waals surface area contributed by atoms with Crippen molar-refractivity contribution in [2.45, 2.75) is 103 Å². The van der Waals surface area contributed by atoms with Crippen LogP contribution >= 0.6 is 0 Å². The Kier molecular flexibility index (Phi) is 7.39. The van der Waals surface area contributed by atoms with E-state index in [1.807, 2.05) is 6.92 Å². The van der Waals surface area contributed by atoms with Crippen LogP contribution in [-0.2, 0) is 9.59 Å². The average Bonchev–Trinajstić information content (AvgIpc) is 3.10. The van der Waals surface area contributed by atoms with Gasteiger partial charge in [0.2, 0.25) is 5.91 Å². The number of imide groups is 1. The zero-order chi connectivity index (χ0) is 24.6. The molecule has 0 aromatic carbocycles. The molecular weight excluding hydrogens is 438 g/mol. The second kappa shape index (κ2) is 10.4. The minimum absolute atomic E-state index is 0.0121. The van der Waals surface area contributed by atoms with E-state index in [1.54, 1.807) is 0 Å². The van der Waals surface area contributed by atoms with Gasteiger partial charge in [0, 0.05) is 25.6 Å². The molecule has 2 heterocycles. The highest BCUT2D eigenvalue weighted by atomic mass is 16.3. The van der Waals surface area contributed by atoms with Gasteiger partial charge in [0.15, 0.2) is 0 Å². The summed E-state index contributed by atoms with van der Waals surface area (Å²) in [6, 6.07) is 0.639. The minimum atomic E-state index is -0.325. The zero-order valence-corrected chi connectivity index (χ0v) is 21.9. The van der Waals surface area contributed by atoms with Crippen molar-refractivity contribution in [2.24, 2.45) is 28.2 Å². The van der Waals surface area contributed by atoms with Crippen LogP contribution in [0.2, 0.25) is 0 Å². The molecule has 2 amide bonds. The second-order valence-corrected chi connectivity index (χ2v) is 12.5. The summed E-state index contributed by atoms with van der Waals surface area (Å²) in [5.41, 5.74) is 1.35. The third-order valence-corrected chi connectivity index (χ3v) is 9.66.